The van der Waals surface area contributed by atoms with Crippen molar-refractivity contribution in [3.63, 3.8) is 0 Å². The number of alkyl halides is 2. The summed E-state index contributed by atoms with van der Waals surface area (Å²) < 4.78 is 30.6. The second-order valence-corrected chi connectivity index (χ2v) is 4.61. The van der Waals surface area contributed by atoms with E-state index in [1.165, 1.54) is 12.4 Å². The van der Waals surface area contributed by atoms with Crippen LogP contribution in [0.2, 0.25) is 0 Å². The van der Waals surface area contributed by atoms with Gasteiger partial charge in [-0.15, -0.1) is 0 Å². The Morgan fingerprint density at radius 2 is 2.09 bits per heavy atom. The van der Waals surface area contributed by atoms with Gasteiger partial charge in [0.05, 0.1) is 19.0 Å². The van der Waals surface area contributed by atoms with Crippen LogP contribution >= 0.6 is 0 Å². The number of halogens is 2. The molecule has 22 heavy (non-hydrogen) atoms. The lowest BCUT2D eigenvalue weighted by atomic mass is 10.2. The van der Waals surface area contributed by atoms with E-state index < -0.39 is 19.0 Å². The monoisotopic (exact) mass is 310 g/mol. The molecule has 0 spiro atoms. The Morgan fingerprint density at radius 3 is 2.73 bits per heavy atom. The molecular formula is C14H16F2N4O2. The third-order valence-corrected chi connectivity index (χ3v) is 2.87. The van der Waals surface area contributed by atoms with E-state index in [4.69, 9.17) is 4.74 Å². The van der Waals surface area contributed by atoms with Crippen molar-refractivity contribution in [1.29, 1.82) is 0 Å². The molecule has 0 radical (unpaired) electrons. The molecule has 0 atom stereocenters. The molecule has 1 aromatic heterocycles. The predicted octanol–water partition coefficient (Wildman–Crippen LogP) is 3.11. The van der Waals surface area contributed by atoms with Crippen molar-refractivity contribution in [3.8, 4) is 5.75 Å². The summed E-state index contributed by atoms with van der Waals surface area (Å²) in [6.45, 7) is 1.34. The molecule has 0 unspecified atom stereocenters. The SMILES string of the molecule is COc1ccc(NC(=O)Nc2cnn(CC(F)F)c2)cc1C. The molecule has 8 heteroatoms. The van der Waals surface area contributed by atoms with Crippen LogP contribution in [0.4, 0.5) is 25.0 Å². The number of nitrogens with one attached hydrogen (secondary N) is 2. The van der Waals surface area contributed by atoms with Crippen LogP contribution in [-0.4, -0.2) is 29.3 Å². The lowest BCUT2D eigenvalue weighted by Gasteiger charge is -2.09. The van der Waals surface area contributed by atoms with E-state index in [1.54, 1.807) is 25.3 Å². The Kier molecular flexibility index (Phi) is 4.92. The number of ether oxygens (including phenoxy) is 1. The molecule has 0 saturated heterocycles. The van der Waals surface area contributed by atoms with E-state index in [9.17, 15) is 13.6 Å². The Bertz CT molecular complexity index is 658. The third kappa shape index (κ3) is 4.18. The van der Waals surface area contributed by atoms with Gasteiger partial charge < -0.3 is 15.4 Å². The van der Waals surface area contributed by atoms with E-state index in [0.717, 1.165) is 16.0 Å². The van der Waals surface area contributed by atoms with Gasteiger partial charge in [-0.3, -0.25) is 4.68 Å². The van der Waals surface area contributed by atoms with Gasteiger partial charge in [0.2, 0.25) is 0 Å². The fraction of sp³-hybridized carbons (Fsp3) is 0.286. The van der Waals surface area contributed by atoms with E-state index in [1.807, 2.05) is 6.92 Å². The number of amides is 2. The maximum Gasteiger partial charge on any atom is 0.323 e. The number of carbonyl (C=O) groups excluding carboxylic acids is 1. The smallest absolute Gasteiger partial charge is 0.323 e. The van der Waals surface area contributed by atoms with Gasteiger partial charge in [0.15, 0.2) is 0 Å². The highest BCUT2D eigenvalue weighted by Crippen LogP contribution is 2.21. The third-order valence-electron chi connectivity index (χ3n) is 2.87. The summed E-state index contributed by atoms with van der Waals surface area (Å²) in [6, 6.07) is 4.72. The zero-order valence-corrected chi connectivity index (χ0v) is 12.1. The van der Waals surface area contributed by atoms with Crippen molar-refractivity contribution < 1.29 is 18.3 Å². The Labute approximate surface area is 126 Å². The van der Waals surface area contributed by atoms with Gasteiger partial charge >= 0.3 is 6.03 Å². The van der Waals surface area contributed by atoms with Crippen molar-refractivity contribution in [2.24, 2.45) is 0 Å². The molecule has 118 valence electrons. The number of nitrogens with zero attached hydrogens (tertiary/aromatic N) is 2. The molecular weight excluding hydrogens is 294 g/mol. The number of carbonyl (C=O) groups is 1. The van der Waals surface area contributed by atoms with E-state index in [-0.39, 0.29) is 0 Å². The molecule has 6 nitrogen and oxygen atoms in total. The maximum atomic E-state index is 12.2. The molecule has 1 heterocycles. The zero-order chi connectivity index (χ0) is 16.1. The molecule has 0 bridgehead atoms. The summed E-state index contributed by atoms with van der Waals surface area (Å²) in [5.74, 6) is 0.722. The molecule has 2 rings (SSSR count). The van der Waals surface area contributed by atoms with Crippen molar-refractivity contribution in [3.05, 3.63) is 36.2 Å². The van der Waals surface area contributed by atoms with Crippen LogP contribution in [0.5, 0.6) is 5.75 Å². The number of anilines is 2. The highest BCUT2D eigenvalue weighted by atomic mass is 19.3. The Hall–Kier alpha value is -2.64. The van der Waals surface area contributed by atoms with Gasteiger partial charge in [-0.25, -0.2) is 13.6 Å². The van der Waals surface area contributed by atoms with Gasteiger partial charge in [0, 0.05) is 11.9 Å². The summed E-state index contributed by atoms with van der Waals surface area (Å²) in [5, 5.41) is 8.90. The van der Waals surface area contributed by atoms with Gasteiger partial charge in [-0.1, -0.05) is 0 Å². The summed E-state index contributed by atoms with van der Waals surface area (Å²) in [6.07, 6.45) is 0.149. The number of methoxy groups -OCH3 is 1. The first-order valence-corrected chi connectivity index (χ1v) is 6.51. The fourth-order valence-electron chi connectivity index (χ4n) is 1.92. The van der Waals surface area contributed by atoms with Gasteiger partial charge in [-0.05, 0) is 30.7 Å². The van der Waals surface area contributed by atoms with Crippen LogP contribution in [0.3, 0.4) is 0 Å². The summed E-state index contributed by atoms with van der Waals surface area (Å²) in [4.78, 5) is 11.8. The Balaban J connectivity index is 1.95. The largest absolute Gasteiger partial charge is 0.496 e. The van der Waals surface area contributed by atoms with Crippen LogP contribution < -0.4 is 15.4 Å². The molecule has 0 aliphatic heterocycles. The van der Waals surface area contributed by atoms with Gasteiger partial charge in [0.1, 0.15) is 12.3 Å². The van der Waals surface area contributed by atoms with Crippen molar-refractivity contribution in [1.82, 2.24) is 9.78 Å². The molecule has 0 saturated carbocycles. The van der Waals surface area contributed by atoms with Crippen LogP contribution in [0, 0.1) is 6.92 Å². The van der Waals surface area contributed by atoms with E-state index in [2.05, 4.69) is 15.7 Å². The zero-order valence-electron chi connectivity index (χ0n) is 12.1. The summed E-state index contributed by atoms with van der Waals surface area (Å²) in [5.41, 5.74) is 1.81. The van der Waals surface area contributed by atoms with Crippen LogP contribution in [0.25, 0.3) is 0 Å². The average Bonchev–Trinajstić information content (AvgIpc) is 2.85. The highest BCUT2D eigenvalue weighted by molar-refractivity contribution is 5.99. The molecule has 1 aromatic carbocycles. The van der Waals surface area contributed by atoms with Crippen LogP contribution in [0.15, 0.2) is 30.6 Å². The minimum absolute atomic E-state index is 0.336. The lowest BCUT2D eigenvalue weighted by molar-refractivity contribution is 0.122. The fourth-order valence-corrected chi connectivity index (χ4v) is 1.92. The standard InChI is InChI=1S/C14H16F2N4O2/c1-9-5-10(3-4-12(9)22-2)18-14(21)19-11-6-17-20(7-11)8-13(15)16/h3-7,13H,8H2,1-2H3,(H2,18,19,21). The summed E-state index contributed by atoms with van der Waals surface area (Å²) >= 11 is 0. The van der Waals surface area contributed by atoms with E-state index >= 15 is 0 Å². The maximum absolute atomic E-state index is 12.2. The number of hydrogen-bond acceptors (Lipinski definition) is 3. The number of aromatic nitrogens is 2. The molecule has 2 amide bonds. The van der Waals surface area contributed by atoms with Crippen molar-refractivity contribution in [2.75, 3.05) is 17.7 Å². The first-order chi connectivity index (χ1) is 10.5. The molecule has 2 N–H and O–H groups in total. The molecule has 0 aliphatic rings. The number of rotatable bonds is 5. The van der Waals surface area contributed by atoms with Crippen molar-refractivity contribution >= 4 is 17.4 Å². The van der Waals surface area contributed by atoms with E-state index in [0.29, 0.717) is 11.4 Å². The minimum atomic E-state index is -2.50. The number of hydrogen-bond donors (Lipinski definition) is 2. The molecule has 0 aliphatic carbocycles. The lowest BCUT2D eigenvalue weighted by Crippen LogP contribution is -2.19. The van der Waals surface area contributed by atoms with Crippen molar-refractivity contribution in [2.45, 2.75) is 19.9 Å². The number of urea groups is 1. The van der Waals surface area contributed by atoms with Gasteiger partial charge in [0.25, 0.3) is 6.43 Å². The second-order valence-electron chi connectivity index (χ2n) is 4.61. The molecule has 2 aromatic rings. The predicted molar refractivity (Wildman–Crippen MR) is 78.6 cm³/mol. The quantitative estimate of drug-likeness (QED) is 0.891. The normalized spacial score (nSPS) is 10.6. The first kappa shape index (κ1) is 15.7. The second kappa shape index (κ2) is 6.88. The molecule has 0 fully saturated rings. The van der Waals surface area contributed by atoms with Crippen LogP contribution in [-0.2, 0) is 6.54 Å². The van der Waals surface area contributed by atoms with Gasteiger partial charge in [-0.2, -0.15) is 5.10 Å². The first-order valence-electron chi connectivity index (χ1n) is 6.51. The minimum Gasteiger partial charge on any atom is -0.496 e. The Morgan fingerprint density at radius 1 is 1.36 bits per heavy atom. The summed E-state index contributed by atoms with van der Waals surface area (Å²) in [7, 11) is 1.57. The highest BCUT2D eigenvalue weighted by Gasteiger charge is 2.08. The number of benzene rings is 1. The topological polar surface area (TPSA) is 68.2 Å². The van der Waals surface area contributed by atoms with Crippen LogP contribution in [0.1, 0.15) is 5.56 Å². The average molecular weight is 310 g/mol. The number of aryl methyl sites for hydroxylation is 1.